The summed E-state index contributed by atoms with van der Waals surface area (Å²) in [5, 5.41) is 11.7. The van der Waals surface area contributed by atoms with Crippen molar-refractivity contribution in [2.45, 2.75) is 6.04 Å². The number of anilines is 1. The molecule has 1 saturated heterocycles. The van der Waals surface area contributed by atoms with Gasteiger partial charge in [-0.15, -0.1) is 0 Å². The average molecular weight is 484 g/mol. The third kappa shape index (κ3) is 4.03. The van der Waals surface area contributed by atoms with E-state index in [9.17, 15) is 14.7 Å². The van der Waals surface area contributed by atoms with Crippen LogP contribution in [0.1, 0.15) is 17.2 Å². The number of carbonyl (C=O) groups excluding carboxylic acids is 2. The zero-order chi connectivity index (χ0) is 23.7. The predicted molar refractivity (Wildman–Crippen MR) is 127 cm³/mol. The van der Waals surface area contributed by atoms with Gasteiger partial charge in [0.25, 0.3) is 11.7 Å². The summed E-state index contributed by atoms with van der Waals surface area (Å²) in [6.07, 6.45) is 0. The van der Waals surface area contributed by atoms with Crippen LogP contribution >= 0.6 is 23.2 Å². The molecule has 0 spiro atoms. The molecule has 6 nitrogen and oxygen atoms in total. The van der Waals surface area contributed by atoms with Crippen molar-refractivity contribution in [3.05, 3.63) is 93.5 Å². The zero-order valence-electron chi connectivity index (χ0n) is 17.7. The number of aliphatic hydroxyl groups is 1. The van der Waals surface area contributed by atoms with Crippen LogP contribution in [0.4, 0.5) is 5.69 Å². The van der Waals surface area contributed by atoms with Gasteiger partial charge in [0, 0.05) is 16.8 Å². The van der Waals surface area contributed by atoms with E-state index in [4.69, 9.17) is 32.7 Å². The summed E-state index contributed by atoms with van der Waals surface area (Å²) in [6.45, 7) is 0. The highest BCUT2D eigenvalue weighted by molar-refractivity contribution is 6.52. The largest absolute Gasteiger partial charge is 0.507 e. The van der Waals surface area contributed by atoms with E-state index in [-0.39, 0.29) is 26.9 Å². The Morgan fingerprint density at radius 3 is 2.33 bits per heavy atom. The molecule has 0 aromatic heterocycles. The molecule has 3 aromatic rings. The molecule has 1 amide bonds. The van der Waals surface area contributed by atoms with Crippen LogP contribution in [0.2, 0.25) is 10.0 Å². The Labute approximate surface area is 200 Å². The lowest BCUT2D eigenvalue weighted by Gasteiger charge is -2.26. The van der Waals surface area contributed by atoms with Gasteiger partial charge in [-0.25, -0.2) is 0 Å². The molecular weight excluding hydrogens is 465 g/mol. The number of ether oxygens (including phenoxy) is 2. The second-order valence-corrected chi connectivity index (χ2v) is 8.09. The molecule has 1 N–H and O–H groups in total. The molecule has 0 radical (unpaired) electrons. The van der Waals surface area contributed by atoms with E-state index in [1.807, 2.05) is 6.07 Å². The second-order valence-electron chi connectivity index (χ2n) is 7.25. The smallest absolute Gasteiger partial charge is 0.300 e. The molecule has 8 heteroatoms. The molecule has 1 atom stereocenters. The summed E-state index contributed by atoms with van der Waals surface area (Å²) < 4.78 is 10.6. The predicted octanol–water partition coefficient (Wildman–Crippen LogP) is 5.64. The molecule has 1 aliphatic heterocycles. The molecule has 1 unspecified atom stereocenters. The first-order valence-electron chi connectivity index (χ1n) is 9.90. The van der Waals surface area contributed by atoms with Gasteiger partial charge >= 0.3 is 0 Å². The lowest BCUT2D eigenvalue weighted by molar-refractivity contribution is -0.132. The number of hydrogen-bond donors (Lipinski definition) is 1. The Morgan fingerprint density at radius 2 is 1.67 bits per heavy atom. The highest BCUT2D eigenvalue weighted by atomic mass is 35.5. The fraction of sp³-hybridized carbons (Fsp3) is 0.120. The van der Waals surface area contributed by atoms with E-state index >= 15 is 0 Å². The van der Waals surface area contributed by atoms with Crippen molar-refractivity contribution < 1.29 is 24.2 Å². The van der Waals surface area contributed by atoms with E-state index in [0.717, 1.165) is 0 Å². The molecule has 1 fully saturated rings. The third-order valence-electron chi connectivity index (χ3n) is 5.36. The van der Waals surface area contributed by atoms with Crippen molar-refractivity contribution in [1.29, 1.82) is 0 Å². The third-order valence-corrected chi connectivity index (χ3v) is 5.86. The SMILES string of the molecule is COc1cccc(N2C(=O)C(=O)/C(=C(/O)c3cc(Cl)cc(Cl)c3OC)C2c2ccccc2)c1. The fourth-order valence-electron chi connectivity index (χ4n) is 3.90. The summed E-state index contributed by atoms with van der Waals surface area (Å²) in [5.41, 5.74) is 1.08. The summed E-state index contributed by atoms with van der Waals surface area (Å²) in [6, 6.07) is 17.7. The van der Waals surface area contributed by atoms with Crippen molar-refractivity contribution in [3.63, 3.8) is 0 Å². The Hall–Kier alpha value is -3.48. The van der Waals surface area contributed by atoms with Crippen LogP contribution in [0, 0.1) is 0 Å². The van der Waals surface area contributed by atoms with E-state index in [1.54, 1.807) is 48.5 Å². The van der Waals surface area contributed by atoms with Gasteiger partial charge in [0.15, 0.2) is 0 Å². The van der Waals surface area contributed by atoms with Crippen molar-refractivity contribution in [2.24, 2.45) is 0 Å². The van der Waals surface area contributed by atoms with Gasteiger partial charge in [-0.1, -0.05) is 59.6 Å². The van der Waals surface area contributed by atoms with Crippen molar-refractivity contribution in [2.75, 3.05) is 19.1 Å². The highest BCUT2D eigenvalue weighted by Crippen LogP contribution is 2.45. The fourth-order valence-corrected chi connectivity index (χ4v) is 4.47. The molecule has 0 saturated carbocycles. The van der Waals surface area contributed by atoms with E-state index in [1.165, 1.54) is 31.3 Å². The zero-order valence-corrected chi connectivity index (χ0v) is 19.2. The van der Waals surface area contributed by atoms with Crippen molar-refractivity contribution in [3.8, 4) is 11.5 Å². The minimum Gasteiger partial charge on any atom is -0.507 e. The summed E-state index contributed by atoms with van der Waals surface area (Å²) in [5.74, 6) is -1.41. The minimum atomic E-state index is -0.902. The van der Waals surface area contributed by atoms with Gasteiger partial charge in [-0.3, -0.25) is 14.5 Å². The number of nitrogens with zero attached hydrogens (tertiary/aromatic N) is 1. The first-order valence-corrected chi connectivity index (χ1v) is 10.7. The standard InChI is InChI=1S/C25H19Cl2NO5/c1-32-17-10-6-9-16(13-17)28-21(14-7-4-3-5-8-14)20(23(30)25(28)31)22(29)18-11-15(26)12-19(27)24(18)33-2/h3-13,21,29H,1-2H3/b22-20+. The average Bonchev–Trinajstić information content (AvgIpc) is 3.09. The maximum absolute atomic E-state index is 13.3. The van der Waals surface area contributed by atoms with Gasteiger partial charge in [0.1, 0.15) is 17.3 Å². The summed E-state index contributed by atoms with van der Waals surface area (Å²) in [7, 11) is 2.90. The number of amides is 1. The highest BCUT2D eigenvalue weighted by Gasteiger charge is 2.47. The quantitative estimate of drug-likeness (QED) is 0.288. The van der Waals surface area contributed by atoms with Gasteiger partial charge in [-0.2, -0.15) is 0 Å². The normalized spacial score (nSPS) is 17.3. The monoisotopic (exact) mass is 483 g/mol. The molecule has 0 bridgehead atoms. The van der Waals surface area contributed by atoms with Crippen LogP contribution in [0.3, 0.4) is 0 Å². The first-order chi connectivity index (χ1) is 15.9. The number of benzene rings is 3. The molecule has 168 valence electrons. The number of aliphatic hydroxyl groups excluding tert-OH is 1. The molecular formula is C25H19Cl2NO5. The number of halogens is 2. The van der Waals surface area contributed by atoms with Crippen LogP contribution in [0.5, 0.6) is 11.5 Å². The molecule has 3 aromatic carbocycles. The lowest BCUT2D eigenvalue weighted by atomic mass is 9.95. The van der Waals surface area contributed by atoms with Crippen LogP contribution in [0.15, 0.2) is 72.3 Å². The number of ketones is 1. The first kappa shape index (κ1) is 22.7. The van der Waals surface area contributed by atoms with E-state index in [0.29, 0.717) is 17.0 Å². The van der Waals surface area contributed by atoms with Gasteiger partial charge in [0.2, 0.25) is 0 Å². The van der Waals surface area contributed by atoms with Crippen LogP contribution in [-0.4, -0.2) is 31.0 Å². The molecule has 0 aliphatic carbocycles. The number of Topliss-reactive ketones (excluding diaryl/α,β-unsaturated/α-hetero) is 1. The molecule has 4 rings (SSSR count). The maximum Gasteiger partial charge on any atom is 0.300 e. The summed E-state index contributed by atoms with van der Waals surface area (Å²) >= 11 is 12.4. The Balaban J connectivity index is 2.00. The number of carbonyl (C=O) groups is 2. The van der Waals surface area contributed by atoms with Crippen LogP contribution in [0.25, 0.3) is 5.76 Å². The molecule has 1 aliphatic rings. The van der Waals surface area contributed by atoms with Gasteiger partial charge < -0.3 is 14.6 Å². The van der Waals surface area contributed by atoms with Crippen LogP contribution in [-0.2, 0) is 9.59 Å². The van der Waals surface area contributed by atoms with Crippen molar-refractivity contribution in [1.82, 2.24) is 0 Å². The number of rotatable bonds is 5. The van der Waals surface area contributed by atoms with Crippen LogP contribution < -0.4 is 14.4 Å². The minimum absolute atomic E-state index is 0.106. The summed E-state index contributed by atoms with van der Waals surface area (Å²) in [4.78, 5) is 27.8. The van der Waals surface area contributed by atoms with E-state index in [2.05, 4.69) is 0 Å². The Bertz CT molecular complexity index is 1270. The molecule has 33 heavy (non-hydrogen) atoms. The maximum atomic E-state index is 13.3. The molecule has 1 heterocycles. The Kier molecular flexibility index (Phi) is 6.31. The lowest BCUT2D eigenvalue weighted by Crippen LogP contribution is -2.29. The number of methoxy groups -OCH3 is 2. The number of hydrogen-bond acceptors (Lipinski definition) is 5. The van der Waals surface area contributed by atoms with E-state index < -0.39 is 23.5 Å². The van der Waals surface area contributed by atoms with Crippen molar-refractivity contribution >= 4 is 46.3 Å². The van der Waals surface area contributed by atoms with Gasteiger partial charge in [0.05, 0.1) is 36.4 Å². The second kappa shape index (κ2) is 9.17. The topological polar surface area (TPSA) is 76.1 Å². The van der Waals surface area contributed by atoms with Gasteiger partial charge in [-0.05, 0) is 29.8 Å². The Morgan fingerprint density at radius 1 is 0.939 bits per heavy atom.